The van der Waals surface area contributed by atoms with E-state index in [0.717, 1.165) is 44.3 Å². The quantitative estimate of drug-likeness (QED) is 0.494. The van der Waals surface area contributed by atoms with Crippen LogP contribution in [0.25, 0.3) is 0 Å². The Morgan fingerprint density at radius 1 is 1.03 bits per heavy atom. The summed E-state index contributed by atoms with van der Waals surface area (Å²) >= 11 is 0. The van der Waals surface area contributed by atoms with E-state index >= 15 is 0 Å². The summed E-state index contributed by atoms with van der Waals surface area (Å²) in [5, 5.41) is 3.14. The third kappa shape index (κ3) is 5.00. The number of hydrogen-bond donors (Lipinski definition) is 1. The molecule has 4 rings (SSSR count). The lowest BCUT2D eigenvalue weighted by Gasteiger charge is -2.33. The van der Waals surface area contributed by atoms with Gasteiger partial charge in [-0.1, -0.05) is 19.1 Å². The van der Waals surface area contributed by atoms with Gasteiger partial charge in [0, 0.05) is 38.3 Å². The van der Waals surface area contributed by atoms with Gasteiger partial charge in [-0.05, 0) is 56.2 Å². The molecule has 1 N–H and O–H groups in total. The van der Waals surface area contributed by atoms with Crippen molar-refractivity contribution in [3.63, 3.8) is 0 Å². The van der Waals surface area contributed by atoms with Crippen LogP contribution >= 0.6 is 0 Å². The minimum Gasteiger partial charge on any atom is -0.466 e. The Morgan fingerprint density at radius 2 is 1.74 bits per heavy atom. The summed E-state index contributed by atoms with van der Waals surface area (Å²) in [5.74, 6) is 0.0339. The van der Waals surface area contributed by atoms with Crippen molar-refractivity contribution in [3.8, 4) is 0 Å². The van der Waals surface area contributed by atoms with Gasteiger partial charge in [-0.2, -0.15) is 0 Å². The molecule has 0 aromatic heterocycles. The van der Waals surface area contributed by atoms with Crippen molar-refractivity contribution in [2.75, 3.05) is 43.0 Å². The molecule has 2 aromatic rings. The lowest BCUT2D eigenvalue weighted by atomic mass is 9.97. The second kappa shape index (κ2) is 10.4. The molecule has 1 amide bonds. The summed E-state index contributed by atoms with van der Waals surface area (Å²) in [6.07, 6.45) is 3.55. The summed E-state index contributed by atoms with van der Waals surface area (Å²) < 4.78 is 5.12. The maximum absolute atomic E-state index is 12.9. The first-order valence-corrected chi connectivity index (χ1v) is 12.3. The molecule has 2 aliphatic rings. The molecule has 0 bridgehead atoms. The number of esters is 1. The Hall–Kier alpha value is -3.16. The van der Waals surface area contributed by atoms with Crippen molar-refractivity contribution in [1.82, 2.24) is 4.90 Å². The SMILES string of the molecule is CCOC(=O)[C@H]1CCCN(C(=O)c2ccc(CNc3c(N4CCC(C)CC4)c(=O)c3=O)cc2)C1. The molecule has 0 spiro atoms. The molecule has 2 fully saturated rings. The number of nitrogens with zero attached hydrogens (tertiary/aromatic N) is 2. The molecule has 182 valence electrons. The van der Waals surface area contributed by atoms with Gasteiger partial charge in [0.1, 0.15) is 11.4 Å². The van der Waals surface area contributed by atoms with E-state index in [1.165, 1.54) is 0 Å². The Morgan fingerprint density at radius 3 is 2.41 bits per heavy atom. The Labute approximate surface area is 199 Å². The van der Waals surface area contributed by atoms with Gasteiger partial charge in [0.05, 0.1) is 12.5 Å². The molecule has 1 atom stereocenters. The molecule has 0 saturated carbocycles. The zero-order valence-corrected chi connectivity index (χ0v) is 20.0. The van der Waals surface area contributed by atoms with E-state index in [1.54, 1.807) is 24.0 Å². The van der Waals surface area contributed by atoms with E-state index in [-0.39, 0.29) is 17.8 Å². The third-order valence-corrected chi connectivity index (χ3v) is 6.98. The maximum Gasteiger partial charge on any atom is 0.310 e. The van der Waals surface area contributed by atoms with Gasteiger partial charge in [-0.25, -0.2) is 0 Å². The van der Waals surface area contributed by atoms with Crippen LogP contribution < -0.4 is 21.1 Å². The van der Waals surface area contributed by atoms with Crippen molar-refractivity contribution in [2.24, 2.45) is 11.8 Å². The van der Waals surface area contributed by atoms with Gasteiger partial charge in [0.2, 0.25) is 0 Å². The number of nitrogens with one attached hydrogen (secondary N) is 1. The van der Waals surface area contributed by atoms with Crippen LogP contribution in [0.3, 0.4) is 0 Å². The fourth-order valence-electron chi connectivity index (χ4n) is 4.83. The van der Waals surface area contributed by atoms with Gasteiger partial charge in [-0.15, -0.1) is 0 Å². The Bertz CT molecular complexity index is 1090. The zero-order chi connectivity index (χ0) is 24.2. The highest BCUT2D eigenvalue weighted by atomic mass is 16.5. The largest absolute Gasteiger partial charge is 0.466 e. The summed E-state index contributed by atoms with van der Waals surface area (Å²) in [7, 11) is 0. The highest BCUT2D eigenvalue weighted by Gasteiger charge is 2.30. The first kappa shape index (κ1) is 24.0. The predicted octanol–water partition coefficient (Wildman–Crippen LogP) is 2.55. The number of likely N-dealkylation sites (tertiary alicyclic amines) is 1. The number of piperidine rings is 2. The van der Waals surface area contributed by atoms with Crippen LogP contribution in [0.15, 0.2) is 33.9 Å². The zero-order valence-electron chi connectivity index (χ0n) is 20.0. The normalized spacial score (nSPS) is 19.3. The van der Waals surface area contributed by atoms with E-state index in [0.29, 0.717) is 49.1 Å². The summed E-state index contributed by atoms with van der Waals surface area (Å²) in [6, 6.07) is 7.23. The van der Waals surface area contributed by atoms with Crippen molar-refractivity contribution < 1.29 is 14.3 Å². The highest BCUT2D eigenvalue weighted by Crippen LogP contribution is 2.26. The van der Waals surface area contributed by atoms with Crippen LogP contribution in [-0.2, 0) is 16.1 Å². The number of amides is 1. The molecule has 0 aliphatic carbocycles. The number of rotatable bonds is 7. The number of ether oxygens (including phenoxy) is 1. The van der Waals surface area contributed by atoms with Crippen molar-refractivity contribution in [1.29, 1.82) is 0 Å². The minimum atomic E-state index is -0.457. The first-order chi connectivity index (χ1) is 16.4. The third-order valence-electron chi connectivity index (χ3n) is 6.98. The first-order valence-electron chi connectivity index (χ1n) is 12.3. The Kier molecular flexibility index (Phi) is 7.34. The smallest absolute Gasteiger partial charge is 0.310 e. The Balaban J connectivity index is 1.35. The van der Waals surface area contributed by atoms with E-state index in [2.05, 4.69) is 12.2 Å². The molecular weight excluding hydrogens is 434 g/mol. The molecule has 2 heterocycles. The van der Waals surface area contributed by atoms with Crippen molar-refractivity contribution in [3.05, 3.63) is 55.8 Å². The van der Waals surface area contributed by atoms with Crippen LogP contribution in [0.5, 0.6) is 0 Å². The van der Waals surface area contributed by atoms with Crippen LogP contribution in [0, 0.1) is 11.8 Å². The lowest BCUT2D eigenvalue weighted by molar-refractivity contribution is -0.149. The molecule has 2 aromatic carbocycles. The van der Waals surface area contributed by atoms with Gasteiger partial charge in [0.15, 0.2) is 0 Å². The van der Waals surface area contributed by atoms with E-state index in [9.17, 15) is 19.2 Å². The number of benzene rings is 1. The van der Waals surface area contributed by atoms with Gasteiger partial charge < -0.3 is 19.9 Å². The molecule has 2 saturated heterocycles. The minimum absolute atomic E-state index is 0.0994. The molecular formula is C26H33N3O5. The second-order valence-corrected chi connectivity index (χ2v) is 9.44. The molecule has 8 nitrogen and oxygen atoms in total. The van der Waals surface area contributed by atoms with Gasteiger partial charge >= 0.3 is 5.97 Å². The number of carbonyl (C=O) groups is 2. The number of anilines is 2. The molecule has 0 radical (unpaired) electrons. The van der Waals surface area contributed by atoms with Crippen molar-refractivity contribution in [2.45, 2.75) is 46.1 Å². The van der Waals surface area contributed by atoms with E-state index in [4.69, 9.17) is 4.74 Å². The fourth-order valence-corrected chi connectivity index (χ4v) is 4.83. The van der Waals surface area contributed by atoms with Crippen LogP contribution in [0.4, 0.5) is 11.4 Å². The van der Waals surface area contributed by atoms with E-state index < -0.39 is 10.9 Å². The highest BCUT2D eigenvalue weighted by molar-refractivity contribution is 5.94. The summed E-state index contributed by atoms with van der Waals surface area (Å²) in [4.78, 5) is 53.1. The second-order valence-electron chi connectivity index (χ2n) is 9.44. The average Bonchev–Trinajstić information content (AvgIpc) is 2.87. The summed E-state index contributed by atoms with van der Waals surface area (Å²) in [6.45, 7) is 7.32. The van der Waals surface area contributed by atoms with Crippen LogP contribution in [0.1, 0.15) is 55.5 Å². The summed E-state index contributed by atoms with van der Waals surface area (Å²) in [5.41, 5.74) is 1.53. The van der Waals surface area contributed by atoms with Gasteiger partial charge in [0.25, 0.3) is 16.8 Å². The van der Waals surface area contributed by atoms with E-state index in [1.807, 2.05) is 17.0 Å². The van der Waals surface area contributed by atoms with Gasteiger partial charge in [-0.3, -0.25) is 19.2 Å². The average molecular weight is 468 g/mol. The number of hydrogen-bond acceptors (Lipinski definition) is 7. The molecule has 0 unspecified atom stereocenters. The predicted molar refractivity (Wildman–Crippen MR) is 131 cm³/mol. The lowest BCUT2D eigenvalue weighted by Crippen LogP contribution is -2.45. The van der Waals surface area contributed by atoms with Crippen LogP contribution in [0.2, 0.25) is 0 Å². The maximum atomic E-state index is 12.9. The van der Waals surface area contributed by atoms with Crippen molar-refractivity contribution >= 4 is 23.3 Å². The number of carbonyl (C=O) groups excluding carboxylic acids is 2. The van der Waals surface area contributed by atoms with Crippen LogP contribution in [-0.4, -0.2) is 49.6 Å². The molecule has 34 heavy (non-hydrogen) atoms. The molecule has 8 heteroatoms. The molecule has 2 aliphatic heterocycles. The topological polar surface area (TPSA) is 96.0 Å². The standard InChI is InChI=1S/C26H33N3O5/c1-3-34-26(33)20-5-4-12-29(16-20)25(32)19-8-6-18(7-9-19)15-27-21-22(24(31)23(21)30)28-13-10-17(2)11-14-28/h6-9,17,20,27H,3-5,10-16H2,1-2H3/t20-/m0/s1. The fraction of sp³-hybridized carbons (Fsp3) is 0.538. The monoisotopic (exact) mass is 467 g/mol.